The molecule has 0 saturated carbocycles. The SMILES string of the molecule is COc1ccc(C(F)(F)F)cc1NC(=O)CN1C(=O)S/C(=C\c2ccc(OCc3ccccc3F)c(Cl)c2)C1=O. The Kier molecular flexibility index (Phi) is 8.70. The summed E-state index contributed by atoms with van der Waals surface area (Å²) in [6.07, 6.45) is -3.26. The number of thioether (sulfide) groups is 1. The molecule has 13 heteroatoms. The lowest BCUT2D eigenvalue weighted by Gasteiger charge is -2.16. The van der Waals surface area contributed by atoms with E-state index in [1.54, 1.807) is 24.3 Å². The zero-order chi connectivity index (χ0) is 29.0. The van der Waals surface area contributed by atoms with E-state index < -0.39 is 41.2 Å². The molecule has 0 radical (unpaired) electrons. The molecule has 1 aliphatic rings. The maximum absolute atomic E-state index is 13.8. The Labute approximate surface area is 234 Å². The molecule has 1 heterocycles. The summed E-state index contributed by atoms with van der Waals surface area (Å²) >= 11 is 6.86. The van der Waals surface area contributed by atoms with E-state index in [-0.39, 0.29) is 33.7 Å². The maximum Gasteiger partial charge on any atom is 0.416 e. The number of amides is 3. The first-order valence-electron chi connectivity index (χ1n) is 11.4. The van der Waals surface area contributed by atoms with Crippen molar-refractivity contribution in [3.63, 3.8) is 0 Å². The van der Waals surface area contributed by atoms with Crippen molar-refractivity contribution in [2.24, 2.45) is 0 Å². The molecule has 1 fully saturated rings. The van der Waals surface area contributed by atoms with Crippen LogP contribution in [0.5, 0.6) is 11.5 Å². The van der Waals surface area contributed by atoms with Crippen molar-refractivity contribution < 1.29 is 41.4 Å². The van der Waals surface area contributed by atoms with Crippen LogP contribution in [0.25, 0.3) is 6.08 Å². The van der Waals surface area contributed by atoms with Crippen molar-refractivity contribution in [3.05, 3.63) is 93.1 Å². The number of anilines is 1. The summed E-state index contributed by atoms with van der Waals surface area (Å²) in [6, 6.07) is 13.2. The second kappa shape index (κ2) is 12.0. The van der Waals surface area contributed by atoms with Crippen LogP contribution in [0, 0.1) is 5.82 Å². The molecule has 3 amide bonds. The standard InChI is InChI=1S/C27H19ClF4N2O5S/c1-38-22-9-7-17(27(30,31)32)12-20(22)33-24(35)13-34-25(36)23(40-26(34)37)11-15-6-8-21(18(28)10-15)39-14-16-4-2-3-5-19(16)29/h2-12H,13-14H2,1H3,(H,33,35)/b23-11-. The normalized spacial score (nSPS) is 14.6. The molecule has 7 nitrogen and oxygen atoms in total. The Balaban J connectivity index is 1.43. The van der Waals surface area contributed by atoms with Gasteiger partial charge in [0.25, 0.3) is 11.1 Å². The number of carbonyl (C=O) groups is 3. The van der Waals surface area contributed by atoms with Crippen molar-refractivity contribution in [1.82, 2.24) is 4.90 Å². The molecular weight excluding hydrogens is 576 g/mol. The number of nitrogens with zero attached hydrogens (tertiary/aromatic N) is 1. The van der Waals surface area contributed by atoms with Gasteiger partial charge in [0.05, 0.1) is 28.3 Å². The quantitative estimate of drug-likeness (QED) is 0.229. The fraction of sp³-hybridized carbons (Fsp3) is 0.148. The summed E-state index contributed by atoms with van der Waals surface area (Å²) in [6.45, 7) is -0.788. The number of nitrogens with one attached hydrogen (secondary N) is 1. The molecule has 208 valence electrons. The number of halogens is 5. The molecule has 0 unspecified atom stereocenters. The number of hydrogen-bond donors (Lipinski definition) is 1. The molecule has 1 N–H and O–H groups in total. The first-order chi connectivity index (χ1) is 19.0. The smallest absolute Gasteiger partial charge is 0.416 e. The van der Waals surface area contributed by atoms with Gasteiger partial charge in [-0.05, 0) is 59.8 Å². The summed E-state index contributed by atoms with van der Waals surface area (Å²) < 4.78 is 63.6. The Morgan fingerprint density at radius 2 is 1.80 bits per heavy atom. The Hall–Kier alpha value is -4.03. The van der Waals surface area contributed by atoms with Crippen LogP contribution in [0.1, 0.15) is 16.7 Å². The third-order valence-corrected chi connectivity index (χ3v) is 6.77. The summed E-state index contributed by atoms with van der Waals surface area (Å²) in [7, 11) is 1.22. The number of carbonyl (C=O) groups excluding carboxylic acids is 3. The summed E-state index contributed by atoms with van der Waals surface area (Å²) in [4.78, 5) is 38.5. The minimum Gasteiger partial charge on any atom is -0.495 e. The monoisotopic (exact) mass is 594 g/mol. The van der Waals surface area contributed by atoms with Crippen LogP contribution in [-0.4, -0.2) is 35.6 Å². The fourth-order valence-corrected chi connectivity index (χ4v) is 4.68. The molecule has 1 saturated heterocycles. The van der Waals surface area contributed by atoms with Crippen LogP contribution in [0.2, 0.25) is 5.02 Å². The first-order valence-corrected chi connectivity index (χ1v) is 12.6. The van der Waals surface area contributed by atoms with Crippen molar-refractivity contribution in [2.75, 3.05) is 19.0 Å². The fourth-order valence-electron chi connectivity index (χ4n) is 3.60. The number of ether oxygens (including phenoxy) is 2. The van der Waals surface area contributed by atoms with Crippen molar-refractivity contribution in [2.45, 2.75) is 12.8 Å². The van der Waals surface area contributed by atoms with E-state index in [1.807, 2.05) is 0 Å². The lowest BCUT2D eigenvalue weighted by Crippen LogP contribution is -2.36. The number of alkyl halides is 3. The number of rotatable bonds is 8. The number of methoxy groups -OCH3 is 1. The van der Waals surface area contributed by atoms with Gasteiger partial charge in [-0.2, -0.15) is 13.2 Å². The minimum atomic E-state index is -4.66. The number of imide groups is 1. The largest absolute Gasteiger partial charge is 0.495 e. The van der Waals surface area contributed by atoms with Gasteiger partial charge in [0, 0.05) is 5.56 Å². The Morgan fingerprint density at radius 1 is 1.07 bits per heavy atom. The van der Waals surface area contributed by atoms with Crippen LogP contribution >= 0.6 is 23.4 Å². The van der Waals surface area contributed by atoms with Crippen LogP contribution in [0.4, 0.5) is 28.0 Å². The van der Waals surface area contributed by atoms with E-state index in [0.29, 0.717) is 33.9 Å². The van der Waals surface area contributed by atoms with E-state index in [4.69, 9.17) is 21.1 Å². The van der Waals surface area contributed by atoms with Gasteiger partial charge in [0.15, 0.2) is 0 Å². The molecule has 0 aliphatic carbocycles. The third-order valence-electron chi connectivity index (χ3n) is 5.57. The molecule has 0 atom stereocenters. The van der Waals surface area contributed by atoms with Gasteiger partial charge in [-0.1, -0.05) is 35.9 Å². The summed E-state index contributed by atoms with van der Waals surface area (Å²) in [5.74, 6) is -1.85. The first kappa shape index (κ1) is 29.0. The molecule has 0 spiro atoms. The van der Waals surface area contributed by atoms with Crippen LogP contribution < -0.4 is 14.8 Å². The number of hydrogen-bond acceptors (Lipinski definition) is 6. The van der Waals surface area contributed by atoms with Gasteiger partial charge in [0.2, 0.25) is 5.91 Å². The average Bonchev–Trinajstić information content (AvgIpc) is 3.15. The van der Waals surface area contributed by atoms with Gasteiger partial charge < -0.3 is 14.8 Å². The highest BCUT2D eigenvalue weighted by molar-refractivity contribution is 8.18. The molecule has 0 bridgehead atoms. The lowest BCUT2D eigenvalue weighted by molar-refractivity contribution is -0.137. The molecule has 0 aromatic heterocycles. The predicted molar refractivity (Wildman–Crippen MR) is 141 cm³/mol. The molecule has 1 aliphatic heterocycles. The van der Waals surface area contributed by atoms with E-state index in [9.17, 15) is 31.9 Å². The van der Waals surface area contributed by atoms with Gasteiger partial charge >= 0.3 is 6.18 Å². The van der Waals surface area contributed by atoms with Crippen LogP contribution in [0.3, 0.4) is 0 Å². The van der Waals surface area contributed by atoms with Crippen molar-refractivity contribution >= 4 is 52.2 Å². The summed E-state index contributed by atoms with van der Waals surface area (Å²) in [5.41, 5.74) is -0.490. The van der Waals surface area contributed by atoms with E-state index in [0.717, 1.165) is 12.1 Å². The minimum absolute atomic E-state index is 0.00513. The number of benzene rings is 3. The molecule has 3 aromatic rings. The second-order valence-electron chi connectivity index (χ2n) is 8.30. The molecular formula is C27H19ClF4N2O5S. The van der Waals surface area contributed by atoms with E-state index in [1.165, 1.54) is 31.4 Å². The third kappa shape index (κ3) is 6.75. The van der Waals surface area contributed by atoms with Gasteiger partial charge in [-0.15, -0.1) is 0 Å². The highest BCUT2D eigenvalue weighted by Crippen LogP contribution is 2.36. The van der Waals surface area contributed by atoms with E-state index in [2.05, 4.69) is 5.32 Å². The van der Waals surface area contributed by atoms with Crippen LogP contribution in [-0.2, 0) is 22.4 Å². The Morgan fingerprint density at radius 3 is 2.48 bits per heavy atom. The van der Waals surface area contributed by atoms with E-state index >= 15 is 0 Å². The van der Waals surface area contributed by atoms with Crippen molar-refractivity contribution in [3.8, 4) is 11.5 Å². The van der Waals surface area contributed by atoms with Gasteiger partial charge in [-0.3, -0.25) is 19.3 Å². The zero-order valence-electron chi connectivity index (χ0n) is 20.6. The predicted octanol–water partition coefficient (Wildman–Crippen LogP) is 6.76. The lowest BCUT2D eigenvalue weighted by atomic mass is 10.1. The molecule has 4 rings (SSSR count). The highest BCUT2D eigenvalue weighted by atomic mass is 35.5. The maximum atomic E-state index is 13.8. The topological polar surface area (TPSA) is 84.9 Å². The van der Waals surface area contributed by atoms with Crippen LogP contribution in [0.15, 0.2) is 65.6 Å². The zero-order valence-corrected chi connectivity index (χ0v) is 22.1. The average molecular weight is 595 g/mol. The Bertz CT molecular complexity index is 1510. The molecule has 3 aromatic carbocycles. The summed E-state index contributed by atoms with van der Waals surface area (Å²) in [5, 5.41) is 1.70. The van der Waals surface area contributed by atoms with Crippen molar-refractivity contribution in [1.29, 1.82) is 0 Å². The molecule has 40 heavy (non-hydrogen) atoms. The second-order valence-corrected chi connectivity index (χ2v) is 9.70. The highest BCUT2D eigenvalue weighted by Gasteiger charge is 2.37. The van der Waals surface area contributed by atoms with Gasteiger partial charge in [0.1, 0.15) is 30.5 Å². The van der Waals surface area contributed by atoms with Gasteiger partial charge in [-0.25, -0.2) is 4.39 Å².